The third-order valence-corrected chi connectivity index (χ3v) is 3.94. The van der Waals surface area contributed by atoms with Crippen molar-refractivity contribution in [2.24, 2.45) is 0 Å². The van der Waals surface area contributed by atoms with E-state index in [4.69, 9.17) is 10.5 Å². The van der Waals surface area contributed by atoms with Gasteiger partial charge in [0, 0.05) is 19.3 Å². The summed E-state index contributed by atoms with van der Waals surface area (Å²) in [5.41, 5.74) is 6.83. The van der Waals surface area contributed by atoms with Crippen LogP contribution < -0.4 is 5.73 Å². The Balaban J connectivity index is 1.98. The van der Waals surface area contributed by atoms with Crippen LogP contribution in [0.2, 0.25) is 0 Å². The number of hydrogen-bond donors (Lipinski definition) is 1. The molecule has 2 rings (SSSR count). The van der Waals surface area contributed by atoms with Crippen molar-refractivity contribution in [1.29, 1.82) is 0 Å². The summed E-state index contributed by atoms with van der Waals surface area (Å²) in [4.78, 5) is 29.5. The normalized spacial score (nSPS) is 15.9. The number of pyridine rings is 1. The summed E-state index contributed by atoms with van der Waals surface area (Å²) >= 11 is 0. The van der Waals surface area contributed by atoms with Gasteiger partial charge in [-0.2, -0.15) is 0 Å². The minimum atomic E-state index is -0.543. The summed E-state index contributed by atoms with van der Waals surface area (Å²) in [5.74, 6) is -0.288. The summed E-state index contributed by atoms with van der Waals surface area (Å²) in [6.45, 7) is 6.81. The highest BCUT2D eigenvalue weighted by Gasteiger charge is 2.28. The Kier molecular flexibility index (Phi) is 5.31. The number of nitrogens with two attached hydrogens (primary N) is 1. The molecule has 1 aromatic heterocycles. The summed E-state index contributed by atoms with van der Waals surface area (Å²) in [6.07, 6.45) is 2.99. The number of hydrogen-bond acceptors (Lipinski definition) is 6. The van der Waals surface area contributed by atoms with E-state index in [1.807, 2.05) is 20.8 Å². The van der Waals surface area contributed by atoms with E-state index in [0.29, 0.717) is 18.8 Å². The lowest BCUT2D eigenvalue weighted by atomic mass is 9.90. The van der Waals surface area contributed by atoms with Crippen LogP contribution in [0.3, 0.4) is 0 Å². The predicted molar refractivity (Wildman–Crippen MR) is 89.8 cm³/mol. The summed E-state index contributed by atoms with van der Waals surface area (Å²) in [5, 5.41) is 0. The Labute approximate surface area is 142 Å². The number of piperidine rings is 1. The van der Waals surface area contributed by atoms with Gasteiger partial charge in [0.25, 0.3) is 0 Å². The maximum atomic E-state index is 12.1. The Morgan fingerprint density at radius 1 is 1.29 bits per heavy atom. The first-order chi connectivity index (χ1) is 11.2. The molecule has 0 aliphatic carbocycles. The molecule has 7 nitrogen and oxygen atoms in total. The number of esters is 1. The largest absolute Gasteiger partial charge is 0.464 e. The summed E-state index contributed by atoms with van der Waals surface area (Å²) in [6, 6.07) is 1.77. The van der Waals surface area contributed by atoms with E-state index in [2.05, 4.69) is 9.72 Å². The van der Waals surface area contributed by atoms with Crippen LogP contribution >= 0.6 is 0 Å². The molecule has 0 unspecified atom stereocenters. The zero-order valence-corrected chi connectivity index (χ0v) is 14.7. The molecule has 1 aliphatic rings. The number of aromatic nitrogens is 1. The number of rotatable bonds is 2. The third-order valence-electron chi connectivity index (χ3n) is 3.94. The van der Waals surface area contributed by atoms with Crippen LogP contribution in [0.15, 0.2) is 12.3 Å². The van der Waals surface area contributed by atoms with Crippen LogP contribution in [0.4, 0.5) is 10.5 Å². The Morgan fingerprint density at radius 2 is 1.92 bits per heavy atom. The second-order valence-corrected chi connectivity index (χ2v) is 6.94. The smallest absolute Gasteiger partial charge is 0.410 e. The van der Waals surface area contributed by atoms with E-state index in [9.17, 15) is 9.59 Å². The van der Waals surface area contributed by atoms with Crippen molar-refractivity contribution in [2.75, 3.05) is 25.9 Å². The van der Waals surface area contributed by atoms with Gasteiger partial charge in [-0.15, -0.1) is 0 Å². The highest BCUT2D eigenvalue weighted by Crippen LogP contribution is 2.30. The molecule has 0 atom stereocenters. The second kappa shape index (κ2) is 7.07. The minimum absolute atomic E-state index is 0.132. The molecule has 1 amide bonds. The van der Waals surface area contributed by atoms with Gasteiger partial charge in [0.15, 0.2) is 5.69 Å². The average molecular weight is 335 g/mol. The maximum absolute atomic E-state index is 12.1. The van der Waals surface area contributed by atoms with Crippen molar-refractivity contribution >= 4 is 17.7 Å². The van der Waals surface area contributed by atoms with Crippen molar-refractivity contribution in [3.05, 3.63) is 23.5 Å². The third kappa shape index (κ3) is 4.37. The Bertz CT molecular complexity index is 617. The fourth-order valence-electron chi connectivity index (χ4n) is 2.71. The van der Waals surface area contributed by atoms with Gasteiger partial charge in [0.2, 0.25) is 0 Å². The Morgan fingerprint density at radius 3 is 2.42 bits per heavy atom. The van der Waals surface area contributed by atoms with E-state index in [-0.39, 0.29) is 17.7 Å². The maximum Gasteiger partial charge on any atom is 0.410 e. The van der Waals surface area contributed by atoms with Crippen LogP contribution in [-0.2, 0) is 9.47 Å². The number of nitrogens with zero attached hydrogens (tertiary/aromatic N) is 2. The van der Waals surface area contributed by atoms with Crippen LogP contribution in [0.25, 0.3) is 0 Å². The van der Waals surface area contributed by atoms with Crippen LogP contribution in [0, 0.1) is 0 Å². The van der Waals surface area contributed by atoms with Gasteiger partial charge >= 0.3 is 12.1 Å². The molecule has 1 aliphatic heterocycles. The SMILES string of the molecule is COC(=O)c1ncc(C2CCN(C(=O)OC(C)(C)C)CC2)cc1N. The van der Waals surface area contributed by atoms with Crippen molar-refractivity contribution in [2.45, 2.75) is 45.1 Å². The van der Waals surface area contributed by atoms with Crippen molar-refractivity contribution in [3.63, 3.8) is 0 Å². The highest BCUT2D eigenvalue weighted by atomic mass is 16.6. The average Bonchev–Trinajstić information content (AvgIpc) is 2.52. The van der Waals surface area contributed by atoms with E-state index in [1.165, 1.54) is 7.11 Å². The molecule has 1 fully saturated rings. The van der Waals surface area contributed by atoms with Crippen molar-refractivity contribution in [1.82, 2.24) is 9.88 Å². The van der Waals surface area contributed by atoms with Crippen LogP contribution in [0.5, 0.6) is 0 Å². The first-order valence-corrected chi connectivity index (χ1v) is 8.03. The zero-order valence-electron chi connectivity index (χ0n) is 14.7. The molecular formula is C17H25N3O4. The van der Waals surface area contributed by atoms with Gasteiger partial charge in [0.1, 0.15) is 5.60 Å². The van der Waals surface area contributed by atoms with E-state index in [1.54, 1.807) is 17.2 Å². The topological polar surface area (TPSA) is 94.8 Å². The predicted octanol–water partition coefficient (Wildman–Crippen LogP) is 2.56. The summed E-state index contributed by atoms with van der Waals surface area (Å²) in [7, 11) is 1.30. The molecule has 0 bridgehead atoms. The Hall–Kier alpha value is -2.31. The monoisotopic (exact) mass is 335 g/mol. The fourth-order valence-corrected chi connectivity index (χ4v) is 2.71. The van der Waals surface area contributed by atoms with Gasteiger partial charge in [-0.05, 0) is 51.2 Å². The molecule has 2 heterocycles. The fraction of sp³-hybridized carbons (Fsp3) is 0.588. The highest BCUT2D eigenvalue weighted by molar-refractivity contribution is 5.92. The van der Waals surface area contributed by atoms with E-state index >= 15 is 0 Å². The molecule has 0 radical (unpaired) electrons. The van der Waals surface area contributed by atoms with Crippen LogP contribution in [-0.4, -0.2) is 47.7 Å². The van der Waals surface area contributed by atoms with Crippen molar-refractivity contribution in [3.8, 4) is 0 Å². The number of likely N-dealkylation sites (tertiary alicyclic amines) is 1. The lowest BCUT2D eigenvalue weighted by Crippen LogP contribution is -2.41. The molecule has 24 heavy (non-hydrogen) atoms. The van der Waals surface area contributed by atoms with Gasteiger partial charge in [-0.25, -0.2) is 14.6 Å². The van der Waals surface area contributed by atoms with E-state index in [0.717, 1.165) is 18.4 Å². The number of methoxy groups -OCH3 is 1. The quantitative estimate of drug-likeness (QED) is 0.835. The minimum Gasteiger partial charge on any atom is -0.464 e. The van der Waals surface area contributed by atoms with Gasteiger partial charge in [-0.3, -0.25) is 0 Å². The lowest BCUT2D eigenvalue weighted by molar-refractivity contribution is 0.0204. The number of nitrogen functional groups attached to an aromatic ring is 1. The van der Waals surface area contributed by atoms with E-state index < -0.39 is 11.6 Å². The lowest BCUT2D eigenvalue weighted by Gasteiger charge is -2.33. The molecule has 2 N–H and O–H groups in total. The van der Waals surface area contributed by atoms with Gasteiger partial charge in [-0.1, -0.05) is 0 Å². The number of amides is 1. The molecule has 132 valence electrons. The van der Waals surface area contributed by atoms with Crippen LogP contribution in [0.1, 0.15) is 55.6 Å². The zero-order chi connectivity index (χ0) is 17.9. The summed E-state index contributed by atoms with van der Waals surface area (Å²) < 4.78 is 10.0. The molecule has 7 heteroatoms. The van der Waals surface area contributed by atoms with Gasteiger partial charge < -0.3 is 20.1 Å². The first-order valence-electron chi connectivity index (χ1n) is 8.03. The molecule has 0 saturated carbocycles. The number of carbonyl (C=O) groups excluding carboxylic acids is 2. The first kappa shape index (κ1) is 18.0. The molecule has 0 spiro atoms. The molecule has 1 saturated heterocycles. The second-order valence-electron chi connectivity index (χ2n) is 6.94. The number of ether oxygens (including phenoxy) is 2. The molecular weight excluding hydrogens is 310 g/mol. The molecule has 1 aromatic rings. The number of anilines is 1. The van der Waals surface area contributed by atoms with Gasteiger partial charge in [0.05, 0.1) is 12.8 Å². The standard InChI is InChI=1S/C17H25N3O4/c1-17(2,3)24-16(22)20-7-5-11(6-8-20)12-9-13(18)14(19-10-12)15(21)23-4/h9-11H,5-8,18H2,1-4H3. The number of carbonyl (C=O) groups is 2. The van der Waals surface area contributed by atoms with Crippen molar-refractivity contribution < 1.29 is 19.1 Å². The molecule has 0 aromatic carbocycles.